The van der Waals surface area contributed by atoms with Crippen LogP contribution in [0.3, 0.4) is 0 Å². The number of amides is 2. The van der Waals surface area contributed by atoms with Crippen molar-refractivity contribution in [1.82, 2.24) is 14.5 Å². The average Bonchev–Trinajstić information content (AvgIpc) is 3.18. The monoisotopic (exact) mass is 363 g/mol. The normalized spacial score (nSPS) is 27.1. The molecule has 1 aromatic rings. The summed E-state index contributed by atoms with van der Waals surface area (Å²) in [6.07, 6.45) is 0. The number of benzene rings is 1. The minimum absolute atomic E-state index is 0.0573. The van der Waals surface area contributed by atoms with E-state index < -0.39 is 22.0 Å². The van der Waals surface area contributed by atoms with Gasteiger partial charge in [0, 0.05) is 37.8 Å². The number of carbonyl (C=O) groups is 2. The predicted molar refractivity (Wildman–Crippen MR) is 90.7 cm³/mol. The quantitative estimate of drug-likeness (QED) is 0.828. The molecule has 0 aromatic heterocycles. The fourth-order valence-electron chi connectivity index (χ4n) is 4.10. The Morgan fingerprint density at radius 1 is 1.20 bits per heavy atom. The van der Waals surface area contributed by atoms with Crippen LogP contribution in [0, 0.1) is 11.8 Å². The van der Waals surface area contributed by atoms with E-state index in [1.165, 1.54) is 12.1 Å². The van der Waals surface area contributed by atoms with Crippen LogP contribution in [0.15, 0.2) is 23.1 Å². The Bertz CT molecular complexity index is 853. The van der Waals surface area contributed by atoms with Crippen LogP contribution in [0.4, 0.5) is 0 Å². The number of nitrogens with zero attached hydrogens (tertiary/aromatic N) is 2. The van der Waals surface area contributed by atoms with Crippen LogP contribution >= 0.6 is 0 Å². The van der Waals surface area contributed by atoms with E-state index in [2.05, 4.69) is 5.32 Å². The van der Waals surface area contributed by atoms with E-state index >= 15 is 0 Å². The van der Waals surface area contributed by atoms with Crippen LogP contribution in [0.5, 0.6) is 0 Å². The zero-order valence-corrected chi connectivity index (χ0v) is 15.0. The second kappa shape index (κ2) is 5.54. The first-order valence-corrected chi connectivity index (χ1v) is 9.97. The van der Waals surface area contributed by atoms with Gasteiger partial charge in [-0.3, -0.25) is 9.59 Å². The van der Waals surface area contributed by atoms with Crippen molar-refractivity contribution in [3.05, 3.63) is 29.3 Å². The van der Waals surface area contributed by atoms with Crippen LogP contribution in [-0.4, -0.2) is 61.7 Å². The molecule has 0 bridgehead atoms. The van der Waals surface area contributed by atoms with Gasteiger partial charge in [-0.25, -0.2) is 12.7 Å². The summed E-state index contributed by atoms with van der Waals surface area (Å²) in [6.45, 7) is 6.54. The lowest BCUT2D eigenvalue weighted by atomic mass is 10.0. The molecule has 2 saturated heterocycles. The maximum atomic E-state index is 12.8. The molecule has 0 aliphatic carbocycles. The summed E-state index contributed by atoms with van der Waals surface area (Å²) in [5.74, 6) is 0.258. The molecule has 3 aliphatic rings. The Morgan fingerprint density at radius 2 is 1.84 bits per heavy atom. The molecule has 8 heteroatoms. The summed E-state index contributed by atoms with van der Waals surface area (Å²) < 4.78 is 26.2. The molecule has 4 rings (SSSR count). The summed E-state index contributed by atoms with van der Waals surface area (Å²) in [5, 5.41) is 3.33. The molecule has 25 heavy (non-hydrogen) atoms. The lowest BCUT2D eigenvalue weighted by Crippen LogP contribution is -2.36. The molecule has 0 unspecified atom stereocenters. The molecule has 2 fully saturated rings. The maximum absolute atomic E-state index is 12.8. The fraction of sp³-hybridized carbons (Fsp3) is 0.529. The van der Waals surface area contributed by atoms with Crippen molar-refractivity contribution < 1.29 is 18.0 Å². The number of hydrogen-bond acceptors (Lipinski definition) is 5. The van der Waals surface area contributed by atoms with Gasteiger partial charge in [-0.1, -0.05) is 0 Å². The Kier molecular flexibility index (Phi) is 3.66. The molecule has 1 aromatic carbocycles. The number of carbonyl (C=O) groups excluding carboxylic acids is 2. The Morgan fingerprint density at radius 3 is 2.44 bits per heavy atom. The van der Waals surface area contributed by atoms with Gasteiger partial charge >= 0.3 is 0 Å². The zero-order valence-electron chi connectivity index (χ0n) is 14.2. The standard InChI is InChI=1S/C17H21N3O4S/c1-10(2)20-17(22)14-4-3-11(5-15(14)25(20,23)24)16(21)19-8-12-6-18-7-13(12)9-19/h3-5,10,12-13,18H,6-9H2,1-2H3/t12-,13+. The smallest absolute Gasteiger partial charge is 0.269 e. The Hall–Kier alpha value is -1.93. The van der Waals surface area contributed by atoms with E-state index in [4.69, 9.17) is 0 Å². The molecule has 134 valence electrons. The van der Waals surface area contributed by atoms with Gasteiger partial charge in [0.05, 0.1) is 5.56 Å². The highest BCUT2D eigenvalue weighted by Gasteiger charge is 2.44. The highest BCUT2D eigenvalue weighted by molar-refractivity contribution is 7.90. The number of fused-ring (bicyclic) bond motifs is 2. The molecule has 3 aliphatic heterocycles. The number of sulfonamides is 1. The van der Waals surface area contributed by atoms with Crippen LogP contribution in [0.1, 0.15) is 34.6 Å². The van der Waals surface area contributed by atoms with E-state index in [1.54, 1.807) is 24.8 Å². The van der Waals surface area contributed by atoms with Gasteiger partial charge in [0.25, 0.3) is 21.8 Å². The summed E-state index contributed by atoms with van der Waals surface area (Å²) in [5.41, 5.74) is 0.474. The van der Waals surface area contributed by atoms with Crippen molar-refractivity contribution in [3.63, 3.8) is 0 Å². The summed E-state index contributed by atoms with van der Waals surface area (Å²) in [4.78, 5) is 26.9. The van der Waals surface area contributed by atoms with Gasteiger partial charge in [0.2, 0.25) is 0 Å². The number of rotatable bonds is 2. The predicted octanol–water partition coefficient (Wildman–Crippen LogP) is 0.531. The average molecular weight is 363 g/mol. The van der Waals surface area contributed by atoms with Crippen molar-refractivity contribution in [1.29, 1.82) is 0 Å². The molecular weight excluding hydrogens is 342 g/mol. The fourth-order valence-corrected chi connectivity index (χ4v) is 5.89. The molecule has 1 N–H and O–H groups in total. The Balaban J connectivity index is 1.66. The second-order valence-corrected chi connectivity index (χ2v) is 9.08. The lowest BCUT2D eigenvalue weighted by Gasteiger charge is -2.19. The molecule has 2 amide bonds. The minimum Gasteiger partial charge on any atom is -0.338 e. The molecule has 7 nitrogen and oxygen atoms in total. The van der Waals surface area contributed by atoms with Gasteiger partial charge in [-0.05, 0) is 43.9 Å². The lowest BCUT2D eigenvalue weighted by molar-refractivity contribution is 0.0779. The molecule has 0 radical (unpaired) electrons. The maximum Gasteiger partial charge on any atom is 0.269 e. The van der Waals surface area contributed by atoms with Gasteiger partial charge < -0.3 is 10.2 Å². The summed E-state index contributed by atoms with van der Waals surface area (Å²) in [7, 11) is -3.89. The Labute approximate surface area is 147 Å². The minimum atomic E-state index is -3.89. The second-order valence-electron chi connectivity index (χ2n) is 7.30. The van der Waals surface area contributed by atoms with Crippen molar-refractivity contribution in [2.24, 2.45) is 11.8 Å². The molecule has 0 saturated carbocycles. The van der Waals surface area contributed by atoms with Crippen molar-refractivity contribution in [3.8, 4) is 0 Å². The third-order valence-electron chi connectivity index (χ3n) is 5.34. The summed E-state index contributed by atoms with van der Waals surface area (Å²) in [6, 6.07) is 3.92. The zero-order chi connectivity index (χ0) is 17.9. The number of hydrogen-bond donors (Lipinski definition) is 1. The van der Waals surface area contributed by atoms with Crippen LogP contribution in [0.2, 0.25) is 0 Å². The van der Waals surface area contributed by atoms with Crippen molar-refractivity contribution in [2.75, 3.05) is 26.2 Å². The topological polar surface area (TPSA) is 86.8 Å². The van der Waals surface area contributed by atoms with E-state index in [9.17, 15) is 18.0 Å². The third-order valence-corrected chi connectivity index (χ3v) is 7.34. The van der Waals surface area contributed by atoms with E-state index in [-0.39, 0.29) is 16.4 Å². The first-order chi connectivity index (χ1) is 11.8. The number of likely N-dealkylation sites (tertiary alicyclic amines) is 1. The first kappa shape index (κ1) is 16.5. The van der Waals surface area contributed by atoms with Crippen molar-refractivity contribution in [2.45, 2.75) is 24.8 Å². The highest BCUT2D eigenvalue weighted by atomic mass is 32.2. The highest BCUT2D eigenvalue weighted by Crippen LogP contribution is 2.33. The van der Waals surface area contributed by atoms with Crippen molar-refractivity contribution >= 4 is 21.8 Å². The third kappa shape index (κ3) is 2.38. The van der Waals surface area contributed by atoms with Crippen LogP contribution in [0.25, 0.3) is 0 Å². The molecule has 0 spiro atoms. The molecule has 2 atom stereocenters. The molecule has 3 heterocycles. The first-order valence-electron chi connectivity index (χ1n) is 8.53. The van der Waals surface area contributed by atoms with Crippen LogP contribution < -0.4 is 5.32 Å². The van der Waals surface area contributed by atoms with Gasteiger partial charge in [0.15, 0.2) is 0 Å². The van der Waals surface area contributed by atoms with Gasteiger partial charge in [-0.15, -0.1) is 0 Å². The van der Waals surface area contributed by atoms with Gasteiger partial charge in [0.1, 0.15) is 4.90 Å². The van der Waals surface area contributed by atoms with Crippen LogP contribution in [-0.2, 0) is 10.0 Å². The van der Waals surface area contributed by atoms with Gasteiger partial charge in [-0.2, -0.15) is 0 Å². The SMILES string of the molecule is CC(C)N1C(=O)c2ccc(C(=O)N3C[C@H]4CNC[C@H]4C3)cc2S1(=O)=O. The number of nitrogens with one attached hydrogen (secondary N) is 1. The molecular formula is C17H21N3O4S. The van der Waals surface area contributed by atoms with E-state index in [0.717, 1.165) is 17.4 Å². The largest absolute Gasteiger partial charge is 0.338 e. The summed E-state index contributed by atoms with van der Waals surface area (Å²) >= 11 is 0. The van der Waals surface area contributed by atoms with E-state index in [0.29, 0.717) is 30.5 Å². The van der Waals surface area contributed by atoms with E-state index in [1.807, 2.05) is 0 Å².